The van der Waals surface area contributed by atoms with Gasteiger partial charge in [0.15, 0.2) is 0 Å². The first-order chi connectivity index (χ1) is 15.2. The number of thiophene rings is 1. The van der Waals surface area contributed by atoms with Crippen LogP contribution in [0.4, 0.5) is 0 Å². The summed E-state index contributed by atoms with van der Waals surface area (Å²) >= 11 is 7.93. The van der Waals surface area contributed by atoms with E-state index in [9.17, 15) is 4.79 Å². The van der Waals surface area contributed by atoms with Gasteiger partial charge in [0.25, 0.3) is 5.56 Å². The first-order valence-corrected chi connectivity index (χ1v) is 11.7. The molecular formula is C24H23ClN4OS. The van der Waals surface area contributed by atoms with Crippen molar-refractivity contribution in [2.45, 2.75) is 44.8 Å². The average Bonchev–Trinajstić information content (AvgIpc) is 3.17. The first-order valence-electron chi connectivity index (χ1n) is 10.6. The Morgan fingerprint density at radius 2 is 2.03 bits per heavy atom. The summed E-state index contributed by atoms with van der Waals surface area (Å²) in [5, 5.41) is 5.17. The van der Waals surface area contributed by atoms with E-state index in [1.807, 2.05) is 48.7 Å². The molecule has 158 valence electrons. The van der Waals surface area contributed by atoms with Crippen LogP contribution < -0.4 is 10.9 Å². The van der Waals surface area contributed by atoms with Gasteiger partial charge in [-0.15, -0.1) is 11.3 Å². The lowest BCUT2D eigenvalue weighted by atomic mass is 9.93. The van der Waals surface area contributed by atoms with Crippen molar-refractivity contribution >= 4 is 33.2 Å². The molecule has 1 aromatic carbocycles. The Kier molecular flexibility index (Phi) is 5.85. The van der Waals surface area contributed by atoms with Crippen molar-refractivity contribution in [3.05, 3.63) is 92.1 Å². The van der Waals surface area contributed by atoms with Crippen LogP contribution in [0.1, 0.15) is 28.1 Å². The molecule has 4 aromatic rings. The zero-order valence-electron chi connectivity index (χ0n) is 17.1. The van der Waals surface area contributed by atoms with Gasteiger partial charge < -0.3 is 5.32 Å². The van der Waals surface area contributed by atoms with Gasteiger partial charge in [0.1, 0.15) is 4.83 Å². The standard InChI is InChI=1S/C24H23ClN4OS/c25-20-7-2-1-5-16(20)10-12-29-15-28-23-22(24(29)30)19-9-8-17(13-21(19)31-23)27-14-18-6-3-4-11-26-18/h1-7,11,15,17,27H,8-10,12-14H2/t17-/m1/s1. The molecule has 7 heteroatoms. The molecule has 0 unspecified atom stereocenters. The third-order valence-corrected chi connectivity index (χ3v) is 7.44. The molecule has 31 heavy (non-hydrogen) atoms. The zero-order chi connectivity index (χ0) is 21.2. The highest BCUT2D eigenvalue weighted by Crippen LogP contribution is 2.33. The van der Waals surface area contributed by atoms with E-state index in [0.717, 1.165) is 52.3 Å². The number of aromatic nitrogens is 3. The third kappa shape index (κ3) is 4.28. The Hall–Kier alpha value is -2.54. The molecule has 1 atom stereocenters. The van der Waals surface area contributed by atoms with Crippen LogP contribution in [0, 0.1) is 0 Å². The van der Waals surface area contributed by atoms with E-state index in [-0.39, 0.29) is 5.56 Å². The Morgan fingerprint density at radius 3 is 2.87 bits per heavy atom. The van der Waals surface area contributed by atoms with Gasteiger partial charge in [-0.05, 0) is 55.0 Å². The third-order valence-electron chi connectivity index (χ3n) is 5.91. The lowest BCUT2D eigenvalue weighted by Crippen LogP contribution is -2.34. The highest BCUT2D eigenvalue weighted by atomic mass is 35.5. The number of nitrogens with zero attached hydrogens (tertiary/aromatic N) is 3. The van der Waals surface area contributed by atoms with Gasteiger partial charge in [-0.1, -0.05) is 35.9 Å². The van der Waals surface area contributed by atoms with Crippen molar-refractivity contribution in [2.24, 2.45) is 0 Å². The fourth-order valence-electron chi connectivity index (χ4n) is 4.23. The molecule has 3 heterocycles. The van der Waals surface area contributed by atoms with Gasteiger partial charge in [0.05, 0.1) is 17.4 Å². The number of hydrogen-bond donors (Lipinski definition) is 1. The molecule has 0 bridgehead atoms. The molecule has 1 N–H and O–H groups in total. The summed E-state index contributed by atoms with van der Waals surface area (Å²) in [6, 6.07) is 14.2. The quantitative estimate of drug-likeness (QED) is 0.473. The maximum atomic E-state index is 13.2. The number of benzene rings is 1. The van der Waals surface area contributed by atoms with Crippen molar-refractivity contribution in [2.75, 3.05) is 0 Å². The molecule has 5 rings (SSSR count). The van der Waals surface area contributed by atoms with Gasteiger partial charge in [-0.3, -0.25) is 14.3 Å². The van der Waals surface area contributed by atoms with Crippen LogP contribution in [0.3, 0.4) is 0 Å². The van der Waals surface area contributed by atoms with Crippen LogP contribution in [0.5, 0.6) is 0 Å². The second-order valence-corrected chi connectivity index (χ2v) is 9.40. The lowest BCUT2D eigenvalue weighted by Gasteiger charge is -2.23. The summed E-state index contributed by atoms with van der Waals surface area (Å²) in [5.41, 5.74) is 3.35. The minimum absolute atomic E-state index is 0.0643. The van der Waals surface area contributed by atoms with Crippen molar-refractivity contribution in [1.29, 1.82) is 0 Å². The topological polar surface area (TPSA) is 59.8 Å². The van der Waals surface area contributed by atoms with E-state index in [4.69, 9.17) is 11.6 Å². The monoisotopic (exact) mass is 450 g/mol. The highest BCUT2D eigenvalue weighted by Gasteiger charge is 2.25. The van der Waals surface area contributed by atoms with E-state index < -0.39 is 0 Å². The molecule has 0 amide bonds. The fourth-order valence-corrected chi connectivity index (χ4v) is 5.72. The van der Waals surface area contributed by atoms with E-state index in [1.54, 1.807) is 22.2 Å². The number of nitrogens with one attached hydrogen (secondary N) is 1. The summed E-state index contributed by atoms with van der Waals surface area (Å²) in [6.07, 6.45) is 7.06. The van der Waals surface area contributed by atoms with Crippen molar-refractivity contribution in [1.82, 2.24) is 19.9 Å². The van der Waals surface area contributed by atoms with Gasteiger partial charge in [-0.25, -0.2) is 4.98 Å². The molecule has 5 nitrogen and oxygen atoms in total. The largest absolute Gasteiger partial charge is 0.308 e. The number of pyridine rings is 1. The van der Waals surface area contributed by atoms with Crippen LogP contribution in [0.15, 0.2) is 59.8 Å². The molecule has 0 saturated heterocycles. The van der Waals surface area contributed by atoms with Crippen LogP contribution in [0.25, 0.3) is 10.2 Å². The second kappa shape index (κ2) is 8.91. The van der Waals surface area contributed by atoms with Crippen LogP contribution in [-0.2, 0) is 32.4 Å². The number of halogens is 1. The zero-order valence-corrected chi connectivity index (χ0v) is 18.6. The number of aryl methyl sites for hydroxylation is 3. The minimum atomic E-state index is 0.0643. The maximum absolute atomic E-state index is 13.2. The molecule has 1 aliphatic carbocycles. The molecule has 0 fully saturated rings. The highest BCUT2D eigenvalue weighted by molar-refractivity contribution is 7.18. The van der Waals surface area contributed by atoms with Gasteiger partial charge in [-0.2, -0.15) is 0 Å². The Balaban J connectivity index is 1.33. The van der Waals surface area contributed by atoms with E-state index in [0.29, 0.717) is 19.0 Å². The predicted octanol–water partition coefficient (Wildman–Crippen LogP) is 4.40. The summed E-state index contributed by atoms with van der Waals surface area (Å²) in [7, 11) is 0. The summed E-state index contributed by atoms with van der Waals surface area (Å²) < 4.78 is 1.73. The average molecular weight is 451 g/mol. The van der Waals surface area contributed by atoms with Crippen LogP contribution >= 0.6 is 22.9 Å². The fraction of sp³-hybridized carbons (Fsp3) is 0.292. The molecule has 3 aromatic heterocycles. The van der Waals surface area contributed by atoms with Gasteiger partial charge in [0.2, 0.25) is 0 Å². The van der Waals surface area contributed by atoms with Gasteiger partial charge >= 0.3 is 0 Å². The van der Waals surface area contributed by atoms with E-state index in [2.05, 4.69) is 15.3 Å². The second-order valence-electron chi connectivity index (χ2n) is 7.91. The number of hydrogen-bond acceptors (Lipinski definition) is 5. The molecule has 0 spiro atoms. The summed E-state index contributed by atoms with van der Waals surface area (Å²) in [5.74, 6) is 0. The molecule has 1 aliphatic rings. The normalized spacial score (nSPS) is 15.8. The lowest BCUT2D eigenvalue weighted by molar-refractivity contribution is 0.459. The minimum Gasteiger partial charge on any atom is -0.308 e. The smallest absolute Gasteiger partial charge is 0.262 e. The maximum Gasteiger partial charge on any atom is 0.262 e. The first kappa shape index (κ1) is 20.4. The van der Waals surface area contributed by atoms with Crippen LogP contribution in [0.2, 0.25) is 5.02 Å². The Morgan fingerprint density at radius 1 is 1.16 bits per heavy atom. The van der Waals surface area contributed by atoms with Crippen molar-refractivity contribution < 1.29 is 0 Å². The molecule has 0 saturated carbocycles. The molecule has 0 radical (unpaired) electrons. The van der Waals surface area contributed by atoms with Crippen LogP contribution in [-0.4, -0.2) is 20.6 Å². The molecular weight excluding hydrogens is 428 g/mol. The van der Waals surface area contributed by atoms with Crippen molar-refractivity contribution in [3.8, 4) is 0 Å². The number of rotatable bonds is 6. The van der Waals surface area contributed by atoms with E-state index >= 15 is 0 Å². The summed E-state index contributed by atoms with van der Waals surface area (Å²) in [6.45, 7) is 1.34. The van der Waals surface area contributed by atoms with Gasteiger partial charge in [0, 0.05) is 35.2 Å². The predicted molar refractivity (Wildman–Crippen MR) is 126 cm³/mol. The Bertz CT molecular complexity index is 1270. The summed E-state index contributed by atoms with van der Waals surface area (Å²) in [4.78, 5) is 24.4. The number of fused-ring (bicyclic) bond motifs is 3. The molecule has 0 aliphatic heterocycles. The Labute approximate surface area is 189 Å². The SMILES string of the molecule is O=c1c2c3c(sc2ncn1CCc1ccccc1Cl)C[C@H](NCc1ccccn1)CC3. The van der Waals surface area contributed by atoms with E-state index in [1.165, 1.54) is 10.4 Å². The van der Waals surface area contributed by atoms with Crippen molar-refractivity contribution in [3.63, 3.8) is 0 Å².